The van der Waals surface area contributed by atoms with Gasteiger partial charge in [0.25, 0.3) is 5.91 Å². The summed E-state index contributed by atoms with van der Waals surface area (Å²) in [6.45, 7) is 1.25. The molecule has 0 unspecified atom stereocenters. The van der Waals surface area contributed by atoms with E-state index < -0.39 is 6.04 Å². The lowest BCUT2D eigenvalue weighted by Crippen LogP contribution is -2.43. The van der Waals surface area contributed by atoms with E-state index in [9.17, 15) is 9.59 Å². The molecule has 1 atom stereocenters. The fourth-order valence-electron chi connectivity index (χ4n) is 2.12. The SMILES string of the molecule is CC(=O)[C@H](Cc1ccccc1)NC(=O)COc1ccc(Br)cc1Cl. The van der Waals surface area contributed by atoms with Gasteiger partial charge in [0.1, 0.15) is 5.75 Å². The van der Waals surface area contributed by atoms with E-state index in [2.05, 4.69) is 21.2 Å². The molecule has 0 saturated heterocycles. The van der Waals surface area contributed by atoms with Crippen molar-refractivity contribution >= 4 is 39.2 Å². The van der Waals surface area contributed by atoms with Crippen LogP contribution in [0.3, 0.4) is 0 Å². The van der Waals surface area contributed by atoms with Crippen molar-refractivity contribution in [1.29, 1.82) is 0 Å². The minimum Gasteiger partial charge on any atom is -0.482 e. The summed E-state index contributed by atoms with van der Waals surface area (Å²) in [6.07, 6.45) is 0.445. The van der Waals surface area contributed by atoms with E-state index >= 15 is 0 Å². The fourth-order valence-corrected chi connectivity index (χ4v) is 2.85. The van der Waals surface area contributed by atoms with Gasteiger partial charge in [-0.2, -0.15) is 0 Å². The summed E-state index contributed by atoms with van der Waals surface area (Å²) in [4.78, 5) is 23.8. The summed E-state index contributed by atoms with van der Waals surface area (Å²) in [5, 5.41) is 3.11. The number of hydrogen-bond acceptors (Lipinski definition) is 3. The number of amides is 1. The van der Waals surface area contributed by atoms with Crippen LogP contribution in [0, 0.1) is 0 Å². The first-order valence-electron chi connectivity index (χ1n) is 7.37. The molecule has 24 heavy (non-hydrogen) atoms. The Labute approximate surface area is 154 Å². The first-order valence-corrected chi connectivity index (χ1v) is 8.54. The number of halogens is 2. The zero-order valence-corrected chi connectivity index (χ0v) is 15.4. The van der Waals surface area contributed by atoms with E-state index in [1.807, 2.05) is 30.3 Å². The van der Waals surface area contributed by atoms with Crippen LogP contribution in [0.25, 0.3) is 0 Å². The minimum absolute atomic E-state index is 0.103. The van der Waals surface area contributed by atoms with Crippen LogP contribution in [-0.4, -0.2) is 24.3 Å². The molecule has 6 heteroatoms. The highest BCUT2D eigenvalue weighted by Gasteiger charge is 2.18. The smallest absolute Gasteiger partial charge is 0.258 e. The maximum absolute atomic E-state index is 12.1. The first-order chi connectivity index (χ1) is 11.5. The molecule has 0 aromatic heterocycles. The maximum Gasteiger partial charge on any atom is 0.258 e. The molecule has 126 valence electrons. The van der Waals surface area contributed by atoms with Crippen LogP contribution in [-0.2, 0) is 16.0 Å². The van der Waals surface area contributed by atoms with Gasteiger partial charge in [-0.25, -0.2) is 0 Å². The molecule has 0 spiro atoms. The van der Waals surface area contributed by atoms with Gasteiger partial charge in [-0.05, 0) is 37.1 Å². The van der Waals surface area contributed by atoms with Crippen molar-refractivity contribution < 1.29 is 14.3 Å². The molecule has 0 radical (unpaired) electrons. The molecular weight excluding hydrogens is 394 g/mol. The lowest BCUT2D eigenvalue weighted by molar-refractivity contribution is -0.128. The van der Waals surface area contributed by atoms with E-state index in [1.165, 1.54) is 6.92 Å². The second kappa shape index (κ2) is 8.85. The highest BCUT2D eigenvalue weighted by Crippen LogP contribution is 2.27. The van der Waals surface area contributed by atoms with E-state index in [0.29, 0.717) is 17.2 Å². The highest BCUT2D eigenvalue weighted by molar-refractivity contribution is 9.10. The molecule has 2 aromatic rings. The Morgan fingerprint density at radius 3 is 2.54 bits per heavy atom. The standard InChI is InChI=1S/C18H17BrClNO3/c1-12(22)16(9-13-5-3-2-4-6-13)21-18(23)11-24-17-8-7-14(19)10-15(17)20/h2-8,10,16H,9,11H2,1H3,(H,21,23)/t16-/m0/s1. The van der Waals surface area contributed by atoms with Crippen LogP contribution >= 0.6 is 27.5 Å². The van der Waals surface area contributed by atoms with Crippen molar-refractivity contribution in [1.82, 2.24) is 5.32 Å². The maximum atomic E-state index is 12.1. The van der Waals surface area contributed by atoms with Crippen LogP contribution < -0.4 is 10.1 Å². The first kappa shape index (κ1) is 18.5. The quantitative estimate of drug-likeness (QED) is 0.755. The van der Waals surface area contributed by atoms with Crippen molar-refractivity contribution in [3.8, 4) is 5.75 Å². The average molecular weight is 411 g/mol. The second-order valence-corrected chi connectivity index (χ2v) is 6.61. The van der Waals surface area contributed by atoms with E-state index in [-0.39, 0.29) is 18.3 Å². The lowest BCUT2D eigenvalue weighted by atomic mass is 10.0. The Kier molecular flexibility index (Phi) is 6.82. The third kappa shape index (κ3) is 5.65. The third-order valence-corrected chi connectivity index (χ3v) is 4.15. The van der Waals surface area contributed by atoms with Crippen LogP contribution in [0.4, 0.5) is 0 Å². The monoisotopic (exact) mass is 409 g/mol. The van der Waals surface area contributed by atoms with Crippen LogP contribution in [0.1, 0.15) is 12.5 Å². The number of ether oxygens (including phenoxy) is 1. The normalized spacial score (nSPS) is 11.6. The van der Waals surface area contributed by atoms with Crippen LogP contribution in [0.5, 0.6) is 5.75 Å². The Bertz CT molecular complexity index is 721. The Balaban J connectivity index is 1.92. The Morgan fingerprint density at radius 1 is 1.21 bits per heavy atom. The van der Waals surface area contributed by atoms with E-state index in [1.54, 1.807) is 18.2 Å². The summed E-state index contributed by atoms with van der Waals surface area (Å²) < 4.78 is 6.23. The largest absolute Gasteiger partial charge is 0.482 e. The van der Waals surface area contributed by atoms with Crippen molar-refractivity contribution in [2.45, 2.75) is 19.4 Å². The van der Waals surface area contributed by atoms with Gasteiger partial charge in [-0.3, -0.25) is 9.59 Å². The van der Waals surface area contributed by atoms with Crippen molar-refractivity contribution in [3.05, 3.63) is 63.6 Å². The van der Waals surface area contributed by atoms with E-state index in [0.717, 1.165) is 10.0 Å². The highest BCUT2D eigenvalue weighted by atomic mass is 79.9. The predicted molar refractivity (Wildman–Crippen MR) is 97.4 cm³/mol. The molecule has 0 bridgehead atoms. The zero-order chi connectivity index (χ0) is 17.5. The molecule has 0 aliphatic rings. The molecule has 0 aliphatic heterocycles. The lowest BCUT2D eigenvalue weighted by Gasteiger charge is -2.16. The van der Waals surface area contributed by atoms with Gasteiger partial charge in [-0.1, -0.05) is 57.9 Å². The average Bonchev–Trinajstić information content (AvgIpc) is 2.54. The predicted octanol–water partition coefficient (Wildman–Crippen LogP) is 3.80. The number of benzene rings is 2. The van der Waals surface area contributed by atoms with Crippen LogP contribution in [0.15, 0.2) is 53.0 Å². The summed E-state index contributed by atoms with van der Waals surface area (Å²) in [7, 11) is 0. The Morgan fingerprint density at radius 2 is 1.92 bits per heavy atom. The summed E-state index contributed by atoms with van der Waals surface area (Å²) >= 11 is 9.34. The van der Waals surface area contributed by atoms with E-state index in [4.69, 9.17) is 16.3 Å². The molecule has 4 nitrogen and oxygen atoms in total. The van der Waals surface area contributed by atoms with Gasteiger partial charge < -0.3 is 10.1 Å². The number of rotatable bonds is 7. The molecule has 1 amide bonds. The number of carbonyl (C=O) groups is 2. The van der Waals surface area contributed by atoms with Gasteiger partial charge >= 0.3 is 0 Å². The number of nitrogens with one attached hydrogen (secondary N) is 1. The third-order valence-electron chi connectivity index (χ3n) is 3.36. The molecular formula is C18H17BrClNO3. The number of ketones is 1. The number of Topliss-reactive ketones (excluding diaryl/α,β-unsaturated/α-hetero) is 1. The van der Waals surface area contributed by atoms with Gasteiger partial charge in [-0.15, -0.1) is 0 Å². The summed E-state index contributed by atoms with van der Waals surface area (Å²) in [5.74, 6) is -0.0588. The molecule has 0 fully saturated rings. The van der Waals surface area contributed by atoms with Gasteiger partial charge in [0.15, 0.2) is 12.4 Å². The van der Waals surface area contributed by atoms with Crippen molar-refractivity contribution in [2.75, 3.05) is 6.61 Å². The molecule has 1 N–H and O–H groups in total. The molecule has 0 heterocycles. The molecule has 0 saturated carbocycles. The molecule has 2 rings (SSSR count). The summed E-state index contributed by atoms with van der Waals surface area (Å²) in [6, 6.07) is 14.1. The van der Waals surface area contributed by atoms with Crippen molar-refractivity contribution in [3.63, 3.8) is 0 Å². The molecule has 2 aromatic carbocycles. The van der Waals surface area contributed by atoms with Gasteiger partial charge in [0.2, 0.25) is 0 Å². The topological polar surface area (TPSA) is 55.4 Å². The van der Waals surface area contributed by atoms with Crippen molar-refractivity contribution in [2.24, 2.45) is 0 Å². The summed E-state index contributed by atoms with van der Waals surface area (Å²) in [5.41, 5.74) is 0.981. The fraction of sp³-hybridized carbons (Fsp3) is 0.222. The zero-order valence-electron chi connectivity index (χ0n) is 13.1. The Hall–Kier alpha value is -1.85. The van der Waals surface area contributed by atoms with Gasteiger partial charge in [0.05, 0.1) is 11.1 Å². The van der Waals surface area contributed by atoms with Gasteiger partial charge in [0, 0.05) is 4.47 Å². The number of carbonyl (C=O) groups excluding carboxylic acids is 2. The number of hydrogen-bond donors (Lipinski definition) is 1. The minimum atomic E-state index is -0.580. The second-order valence-electron chi connectivity index (χ2n) is 5.28. The molecule has 0 aliphatic carbocycles. The van der Waals surface area contributed by atoms with Crippen LogP contribution in [0.2, 0.25) is 5.02 Å².